The first-order chi connectivity index (χ1) is 17.6. The standard InChI is InChI=1S/C29H32O7/c1-22(31)36-27(17-30)29(35-20-25-15-9-4-10-16-25)28(34-19-24-13-7-3-8-14-24)26(32)21-33-18-23-11-5-2-6-12-23/h2-17,26-29,32H,18-21H2,1H3/t26-,27-,28-,29-/m1/s1. The number of hydrogen-bond acceptors (Lipinski definition) is 7. The van der Waals surface area contributed by atoms with Crippen LogP contribution < -0.4 is 0 Å². The molecule has 4 atom stereocenters. The predicted molar refractivity (Wildman–Crippen MR) is 134 cm³/mol. The van der Waals surface area contributed by atoms with Crippen molar-refractivity contribution < 1.29 is 33.6 Å². The van der Waals surface area contributed by atoms with Gasteiger partial charge in [0.1, 0.15) is 18.3 Å². The Balaban J connectivity index is 1.79. The number of aliphatic hydroxyl groups is 1. The van der Waals surface area contributed by atoms with E-state index in [4.69, 9.17) is 18.9 Å². The summed E-state index contributed by atoms with van der Waals surface area (Å²) in [5, 5.41) is 11.1. The number of ether oxygens (including phenoxy) is 4. The number of hydrogen-bond donors (Lipinski definition) is 1. The van der Waals surface area contributed by atoms with Crippen LogP contribution in [0.1, 0.15) is 23.6 Å². The van der Waals surface area contributed by atoms with E-state index in [1.807, 2.05) is 91.0 Å². The molecule has 1 N–H and O–H groups in total. The Hall–Kier alpha value is -3.36. The number of carbonyl (C=O) groups excluding carboxylic acids is 2. The zero-order valence-electron chi connectivity index (χ0n) is 20.3. The lowest BCUT2D eigenvalue weighted by atomic mass is 10.0. The van der Waals surface area contributed by atoms with Crippen LogP contribution in [0, 0.1) is 0 Å². The Morgan fingerprint density at radius 3 is 1.64 bits per heavy atom. The van der Waals surface area contributed by atoms with Gasteiger partial charge in [0, 0.05) is 6.92 Å². The topological polar surface area (TPSA) is 91.3 Å². The maximum Gasteiger partial charge on any atom is 0.303 e. The summed E-state index contributed by atoms with van der Waals surface area (Å²) in [6, 6.07) is 28.4. The van der Waals surface area contributed by atoms with Crippen molar-refractivity contribution in [2.24, 2.45) is 0 Å². The number of carbonyl (C=O) groups is 2. The Morgan fingerprint density at radius 2 is 1.19 bits per heavy atom. The molecule has 0 spiro atoms. The molecule has 0 bridgehead atoms. The van der Waals surface area contributed by atoms with Gasteiger partial charge in [0.2, 0.25) is 0 Å². The summed E-state index contributed by atoms with van der Waals surface area (Å²) in [5.74, 6) is -0.642. The van der Waals surface area contributed by atoms with E-state index in [1.165, 1.54) is 6.92 Å². The van der Waals surface area contributed by atoms with Crippen molar-refractivity contribution in [2.75, 3.05) is 6.61 Å². The molecule has 0 aliphatic rings. The van der Waals surface area contributed by atoms with E-state index in [9.17, 15) is 14.7 Å². The fraction of sp³-hybridized carbons (Fsp3) is 0.310. The number of benzene rings is 3. The highest BCUT2D eigenvalue weighted by atomic mass is 16.6. The van der Waals surface area contributed by atoms with Crippen molar-refractivity contribution in [3.63, 3.8) is 0 Å². The molecule has 190 valence electrons. The van der Waals surface area contributed by atoms with Gasteiger partial charge < -0.3 is 24.1 Å². The molecule has 0 aliphatic heterocycles. The van der Waals surface area contributed by atoms with E-state index in [2.05, 4.69) is 0 Å². The summed E-state index contributed by atoms with van der Waals surface area (Å²) in [6.07, 6.45) is -4.06. The molecular weight excluding hydrogens is 460 g/mol. The third kappa shape index (κ3) is 9.02. The van der Waals surface area contributed by atoms with E-state index < -0.39 is 30.4 Å². The van der Waals surface area contributed by atoms with Crippen LogP contribution in [0.15, 0.2) is 91.0 Å². The minimum absolute atomic E-state index is 0.0782. The molecule has 7 heteroatoms. The fourth-order valence-corrected chi connectivity index (χ4v) is 3.67. The van der Waals surface area contributed by atoms with E-state index in [0.29, 0.717) is 12.9 Å². The fourth-order valence-electron chi connectivity index (χ4n) is 3.67. The normalized spacial score (nSPS) is 14.4. The minimum atomic E-state index is -1.28. The molecule has 0 amide bonds. The summed E-state index contributed by atoms with van der Waals surface area (Å²) in [6.45, 7) is 1.70. The lowest BCUT2D eigenvalue weighted by molar-refractivity contribution is -0.189. The molecule has 3 rings (SSSR count). The molecule has 36 heavy (non-hydrogen) atoms. The van der Waals surface area contributed by atoms with Crippen LogP contribution in [0.4, 0.5) is 0 Å². The summed E-state index contributed by atoms with van der Waals surface area (Å²) in [5.41, 5.74) is 2.68. The van der Waals surface area contributed by atoms with Crippen LogP contribution in [0.25, 0.3) is 0 Å². The van der Waals surface area contributed by atoms with Crippen LogP contribution >= 0.6 is 0 Å². The average molecular weight is 493 g/mol. The number of aldehydes is 1. The van der Waals surface area contributed by atoms with Gasteiger partial charge in [0.25, 0.3) is 0 Å². The smallest absolute Gasteiger partial charge is 0.303 e. The van der Waals surface area contributed by atoms with Crippen LogP contribution in [0.3, 0.4) is 0 Å². The van der Waals surface area contributed by atoms with E-state index in [0.717, 1.165) is 16.7 Å². The van der Waals surface area contributed by atoms with Crippen molar-refractivity contribution >= 4 is 12.3 Å². The van der Waals surface area contributed by atoms with Crippen LogP contribution in [-0.2, 0) is 48.4 Å². The zero-order chi connectivity index (χ0) is 25.6. The molecule has 7 nitrogen and oxygen atoms in total. The van der Waals surface area contributed by atoms with Crippen LogP contribution in [0.2, 0.25) is 0 Å². The largest absolute Gasteiger partial charge is 0.452 e. The molecule has 0 unspecified atom stereocenters. The maximum atomic E-state index is 12.0. The molecule has 0 heterocycles. The second-order valence-corrected chi connectivity index (χ2v) is 8.30. The SMILES string of the molecule is CC(=O)O[C@H](C=O)[C@@H](OCc1ccccc1)[C@H](OCc1ccccc1)[C@H](O)COCc1ccccc1. The summed E-state index contributed by atoms with van der Waals surface area (Å²) in [4.78, 5) is 23.7. The molecule has 0 radical (unpaired) electrons. The van der Waals surface area contributed by atoms with Gasteiger partial charge >= 0.3 is 5.97 Å². The van der Waals surface area contributed by atoms with Crippen molar-refractivity contribution in [1.82, 2.24) is 0 Å². The lowest BCUT2D eigenvalue weighted by Gasteiger charge is -2.33. The van der Waals surface area contributed by atoms with Crippen molar-refractivity contribution in [1.29, 1.82) is 0 Å². The van der Waals surface area contributed by atoms with E-state index in [-0.39, 0.29) is 19.8 Å². The van der Waals surface area contributed by atoms with Crippen molar-refractivity contribution in [3.8, 4) is 0 Å². The molecule has 0 fully saturated rings. The Kier molecular flexibility index (Phi) is 11.3. The second-order valence-electron chi connectivity index (χ2n) is 8.30. The van der Waals surface area contributed by atoms with Gasteiger partial charge in [-0.25, -0.2) is 0 Å². The Bertz CT molecular complexity index is 1030. The van der Waals surface area contributed by atoms with Crippen LogP contribution in [0.5, 0.6) is 0 Å². The average Bonchev–Trinajstić information content (AvgIpc) is 2.91. The highest BCUT2D eigenvalue weighted by Gasteiger charge is 2.38. The van der Waals surface area contributed by atoms with Crippen LogP contribution in [-0.4, -0.2) is 48.4 Å². The first kappa shape index (κ1) is 27.2. The predicted octanol–water partition coefficient (Wildman–Crippen LogP) is 3.87. The number of aliphatic hydroxyl groups excluding tert-OH is 1. The second kappa shape index (κ2) is 14.9. The van der Waals surface area contributed by atoms with Gasteiger partial charge in [-0.3, -0.25) is 9.59 Å². The summed E-state index contributed by atoms with van der Waals surface area (Å²) < 4.78 is 23.2. The third-order valence-electron chi connectivity index (χ3n) is 5.43. The minimum Gasteiger partial charge on any atom is -0.452 e. The molecule has 0 saturated carbocycles. The number of rotatable bonds is 15. The van der Waals surface area contributed by atoms with Gasteiger partial charge in [-0.05, 0) is 16.7 Å². The quantitative estimate of drug-likeness (QED) is 0.254. The molecule has 0 aliphatic carbocycles. The first-order valence-corrected chi connectivity index (χ1v) is 11.8. The van der Waals surface area contributed by atoms with E-state index >= 15 is 0 Å². The monoisotopic (exact) mass is 492 g/mol. The third-order valence-corrected chi connectivity index (χ3v) is 5.43. The zero-order valence-corrected chi connectivity index (χ0v) is 20.3. The lowest BCUT2D eigenvalue weighted by Crippen LogP contribution is -2.51. The molecule has 0 aromatic heterocycles. The Morgan fingerprint density at radius 1 is 0.750 bits per heavy atom. The first-order valence-electron chi connectivity index (χ1n) is 11.8. The van der Waals surface area contributed by atoms with Gasteiger partial charge in [-0.15, -0.1) is 0 Å². The van der Waals surface area contributed by atoms with Crippen molar-refractivity contribution in [3.05, 3.63) is 108 Å². The van der Waals surface area contributed by atoms with Gasteiger partial charge in [-0.2, -0.15) is 0 Å². The van der Waals surface area contributed by atoms with Gasteiger partial charge in [0.15, 0.2) is 12.4 Å². The number of esters is 1. The molecule has 0 saturated heterocycles. The molecule has 3 aromatic rings. The highest BCUT2D eigenvalue weighted by Crippen LogP contribution is 2.20. The highest BCUT2D eigenvalue weighted by molar-refractivity contribution is 5.70. The maximum absolute atomic E-state index is 12.0. The molecular formula is C29H32O7. The van der Waals surface area contributed by atoms with Crippen molar-refractivity contribution in [2.45, 2.75) is 51.2 Å². The van der Waals surface area contributed by atoms with E-state index in [1.54, 1.807) is 0 Å². The van der Waals surface area contributed by atoms with Gasteiger partial charge in [-0.1, -0.05) is 91.0 Å². The molecule has 3 aromatic carbocycles. The van der Waals surface area contributed by atoms with Gasteiger partial charge in [0.05, 0.1) is 26.4 Å². The summed E-state index contributed by atoms with van der Waals surface area (Å²) in [7, 11) is 0. The Labute approximate surface area is 211 Å². The summed E-state index contributed by atoms with van der Waals surface area (Å²) >= 11 is 0.